The predicted octanol–water partition coefficient (Wildman–Crippen LogP) is 3.33. The van der Waals surface area contributed by atoms with Crippen molar-refractivity contribution >= 4 is 11.8 Å². The molecule has 132 valence electrons. The molecule has 25 heavy (non-hydrogen) atoms. The van der Waals surface area contributed by atoms with Crippen molar-refractivity contribution in [1.29, 1.82) is 0 Å². The predicted molar refractivity (Wildman–Crippen MR) is 97.8 cm³/mol. The molecule has 3 heterocycles. The molecule has 2 aliphatic rings. The van der Waals surface area contributed by atoms with Crippen LogP contribution in [0.2, 0.25) is 0 Å². The van der Waals surface area contributed by atoms with Crippen LogP contribution < -0.4 is 4.74 Å². The van der Waals surface area contributed by atoms with Gasteiger partial charge in [-0.05, 0) is 55.9 Å². The molecule has 2 fully saturated rings. The normalized spacial score (nSPS) is 25.9. The Hall–Kier alpha value is -1.79. The van der Waals surface area contributed by atoms with Gasteiger partial charge in [0.1, 0.15) is 11.5 Å². The van der Waals surface area contributed by atoms with Crippen molar-refractivity contribution in [3.05, 3.63) is 42.4 Å². The van der Waals surface area contributed by atoms with Crippen molar-refractivity contribution in [2.75, 3.05) is 19.0 Å². The third kappa shape index (κ3) is 3.90. The van der Waals surface area contributed by atoms with Crippen molar-refractivity contribution in [3.63, 3.8) is 0 Å². The molecule has 0 bridgehead atoms. The van der Waals surface area contributed by atoms with Crippen molar-refractivity contribution in [2.45, 2.75) is 30.9 Å². The van der Waals surface area contributed by atoms with Crippen LogP contribution in [0.1, 0.15) is 18.5 Å². The Balaban J connectivity index is 1.26. The number of nitrogens with zero attached hydrogens (tertiary/aromatic N) is 3. The molecule has 0 radical (unpaired) electrons. The van der Waals surface area contributed by atoms with Gasteiger partial charge >= 0.3 is 0 Å². The van der Waals surface area contributed by atoms with Crippen LogP contribution >= 0.6 is 11.8 Å². The van der Waals surface area contributed by atoms with Gasteiger partial charge in [-0.2, -0.15) is 0 Å². The zero-order valence-corrected chi connectivity index (χ0v) is 15.2. The van der Waals surface area contributed by atoms with Crippen LogP contribution in [0.15, 0.2) is 41.7 Å². The number of hydrogen-bond acceptors (Lipinski definition) is 6. The zero-order chi connectivity index (χ0) is 17.2. The third-order valence-corrected chi connectivity index (χ3v) is 6.18. The Morgan fingerprint density at radius 2 is 2.00 bits per heavy atom. The number of aromatic hydroxyl groups is 1. The van der Waals surface area contributed by atoms with E-state index < -0.39 is 0 Å². The Morgan fingerprint density at radius 1 is 1.20 bits per heavy atom. The minimum atomic E-state index is 0.218. The number of pyridine rings is 2. The van der Waals surface area contributed by atoms with Crippen molar-refractivity contribution < 1.29 is 9.84 Å². The third-order valence-electron chi connectivity index (χ3n) is 5.15. The summed E-state index contributed by atoms with van der Waals surface area (Å²) in [5, 5.41) is 10.3. The molecule has 0 aromatic carbocycles. The zero-order valence-electron chi connectivity index (χ0n) is 14.3. The number of fused-ring (bicyclic) bond motifs is 1. The van der Waals surface area contributed by atoms with Gasteiger partial charge in [-0.1, -0.05) is 11.8 Å². The highest BCUT2D eigenvalue weighted by atomic mass is 32.2. The number of thioether (sulfide) groups is 1. The molecule has 3 atom stereocenters. The van der Waals surface area contributed by atoms with E-state index in [-0.39, 0.29) is 5.75 Å². The maximum Gasteiger partial charge on any atom is 0.140 e. The van der Waals surface area contributed by atoms with E-state index in [1.807, 2.05) is 31.3 Å². The van der Waals surface area contributed by atoms with Crippen LogP contribution in [-0.4, -0.2) is 45.0 Å². The highest BCUT2D eigenvalue weighted by molar-refractivity contribution is 7.99. The average Bonchev–Trinajstić information content (AvgIpc) is 3.14. The molecule has 1 N–H and O–H groups in total. The van der Waals surface area contributed by atoms with Crippen molar-refractivity contribution in [2.24, 2.45) is 11.8 Å². The summed E-state index contributed by atoms with van der Waals surface area (Å²) in [6.07, 6.45) is 5.91. The largest absolute Gasteiger partial charge is 0.506 e. The Labute approximate surface area is 152 Å². The molecule has 4 rings (SSSR count). The first-order valence-electron chi connectivity index (χ1n) is 8.76. The van der Waals surface area contributed by atoms with E-state index in [4.69, 9.17) is 4.74 Å². The van der Waals surface area contributed by atoms with Gasteiger partial charge in [0, 0.05) is 19.3 Å². The second-order valence-electron chi connectivity index (χ2n) is 6.98. The van der Waals surface area contributed by atoms with Gasteiger partial charge in [0.25, 0.3) is 0 Å². The molecular weight excluding hydrogens is 334 g/mol. The van der Waals surface area contributed by atoms with Gasteiger partial charge in [-0.25, -0.2) is 4.98 Å². The fraction of sp³-hybridized carbons (Fsp3) is 0.474. The minimum Gasteiger partial charge on any atom is -0.506 e. The number of likely N-dealkylation sites (tertiary alicyclic amines) is 1. The Kier molecular flexibility index (Phi) is 4.81. The van der Waals surface area contributed by atoms with Gasteiger partial charge < -0.3 is 9.84 Å². The quantitative estimate of drug-likeness (QED) is 0.829. The van der Waals surface area contributed by atoms with Crippen molar-refractivity contribution in [1.82, 2.24) is 14.9 Å². The van der Waals surface area contributed by atoms with Gasteiger partial charge in [0.05, 0.1) is 28.9 Å². The second kappa shape index (κ2) is 7.22. The second-order valence-corrected chi connectivity index (χ2v) is 7.95. The molecule has 0 unspecified atom stereocenters. The molecular formula is C19H23N3O2S. The lowest BCUT2D eigenvalue weighted by atomic mass is 10.0. The number of hydrogen-bond donors (Lipinski definition) is 1. The SMILES string of the molecule is Cc1ncccc1O[C@H]1C[C@@H]2CN(CSc3ccc(O)cn3)C[C@@H]2C1. The highest BCUT2D eigenvalue weighted by Crippen LogP contribution is 2.40. The highest BCUT2D eigenvalue weighted by Gasteiger charge is 2.41. The summed E-state index contributed by atoms with van der Waals surface area (Å²) in [5.74, 6) is 3.57. The molecule has 1 saturated carbocycles. The van der Waals surface area contributed by atoms with Crippen molar-refractivity contribution in [3.8, 4) is 11.5 Å². The summed E-state index contributed by atoms with van der Waals surface area (Å²) in [4.78, 5) is 11.1. The molecule has 1 aliphatic heterocycles. The molecule has 1 saturated heterocycles. The van der Waals surface area contributed by atoms with Crippen LogP contribution in [0, 0.1) is 18.8 Å². The minimum absolute atomic E-state index is 0.218. The molecule has 6 heteroatoms. The number of rotatable bonds is 5. The maximum atomic E-state index is 9.30. The molecule has 5 nitrogen and oxygen atoms in total. The lowest BCUT2D eigenvalue weighted by Gasteiger charge is -2.19. The van der Waals surface area contributed by atoms with E-state index >= 15 is 0 Å². The Morgan fingerprint density at radius 3 is 2.68 bits per heavy atom. The van der Waals surface area contributed by atoms with Crippen LogP contribution in [0.25, 0.3) is 0 Å². The van der Waals surface area contributed by atoms with E-state index in [0.717, 1.165) is 60.1 Å². The van der Waals surface area contributed by atoms with E-state index in [2.05, 4.69) is 14.9 Å². The topological polar surface area (TPSA) is 58.5 Å². The molecule has 0 amide bonds. The number of aromatic nitrogens is 2. The first-order chi connectivity index (χ1) is 12.2. The Bertz CT molecular complexity index is 711. The van der Waals surface area contributed by atoms with Gasteiger partial charge in [-0.3, -0.25) is 9.88 Å². The fourth-order valence-electron chi connectivity index (χ4n) is 3.93. The number of ether oxygens (including phenoxy) is 1. The fourth-order valence-corrected chi connectivity index (χ4v) is 4.75. The maximum absolute atomic E-state index is 9.30. The first-order valence-corrected chi connectivity index (χ1v) is 9.74. The van der Waals surface area contributed by atoms with E-state index in [9.17, 15) is 5.11 Å². The summed E-state index contributed by atoms with van der Waals surface area (Å²) in [5.41, 5.74) is 0.971. The van der Waals surface area contributed by atoms with Gasteiger partial charge in [0.2, 0.25) is 0 Å². The lowest BCUT2D eigenvalue weighted by molar-refractivity contribution is 0.187. The smallest absolute Gasteiger partial charge is 0.140 e. The van der Waals surface area contributed by atoms with Crippen LogP contribution in [0.3, 0.4) is 0 Å². The summed E-state index contributed by atoms with van der Waals surface area (Å²) in [6.45, 7) is 4.28. The van der Waals surface area contributed by atoms with Crippen LogP contribution in [0.4, 0.5) is 0 Å². The van der Waals surface area contributed by atoms with Gasteiger partial charge in [0.15, 0.2) is 0 Å². The molecule has 1 aliphatic carbocycles. The number of aryl methyl sites for hydroxylation is 1. The van der Waals surface area contributed by atoms with E-state index in [1.165, 1.54) is 6.20 Å². The lowest BCUT2D eigenvalue weighted by Crippen LogP contribution is -2.24. The summed E-state index contributed by atoms with van der Waals surface area (Å²) in [6, 6.07) is 7.52. The molecule has 0 spiro atoms. The molecule has 2 aromatic rings. The standard InChI is InChI=1S/C19H23N3O2S/c1-13-18(3-2-6-20-13)24-17-7-14-10-22(11-15(14)8-17)12-25-19-5-4-16(23)9-21-19/h2-6,9,14-15,17,23H,7-8,10-12H2,1H3/t14-,15+,17+. The molecule has 2 aromatic heterocycles. The van der Waals surface area contributed by atoms with Crippen LogP contribution in [0.5, 0.6) is 11.5 Å². The van der Waals surface area contributed by atoms with Crippen LogP contribution in [-0.2, 0) is 0 Å². The summed E-state index contributed by atoms with van der Waals surface area (Å²) in [7, 11) is 0. The van der Waals surface area contributed by atoms with E-state index in [0.29, 0.717) is 6.10 Å². The summed E-state index contributed by atoms with van der Waals surface area (Å²) < 4.78 is 6.20. The van der Waals surface area contributed by atoms with E-state index in [1.54, 1.807) is 17.8 Å². The summed E-state index contributed by atoms with van der Waals surface area (Å²) >= 11 is 1.73. The average molecular weight is 357 g/mol. The van der Waals surface area contributed by atoms with Gasteiger partial charge in [-0.15, -0.1) is 0 Å². The first kappa shape index (κ1) is 16.7. The monoisotopic (exact) mass is 357 g/mol.